The lowest BCUT2D eigenvalue weighted by Gasteiger charge is -2.17. The smallest absolute Gasteiger partial charge is 0.255 e. The molecule has 2 N–H and O–H groups in total. The molecule has 21 heavy (non-hydrogen) atoms. The van der Waals surface area contributed by atoms with Gasteiger partial charge < -0.3 is 4.90 Å². The molecule has 1 heterocycles. The van der Waals surface area contributed by atoms with Gasteiger partial charge in [-0.05, 0) is 49.3 Å². The summed E-state index contributed by atoms with van der Waals surface area (Å²) >= 11 is 6.05. The van der Waals surface area contributed by atoms with Gasteiger partial charge in [0.15, 0.2) is 0 Å². The summed E-state index contributed by atoms with van der Waals surface area (Å²) in [5.41, 5.74) is 0.208. The zero-order valence-electron chi connectivity index (χ0n) is 11.5. The fraction of sp³-hybridized carbons (Fsp3) is 0.500. The zero-order valence-corrected chi connectivity index (χ0v) is 13.0. The third-order valence-electron chi connectivity index (χ3n) is 4.30. The van der Waals surface area contributed by atoms with Crippen LogP contribution in [0.15, 0.2) is 23.1 Å². The van der Waals surface area contributed by atoms with Gasteiger partial charge in [0.05, 0.1) is 15.5 Å². The zero-order chi connectivity index (χ0) is 15.2. The van der Waals surface area contributed by atoms with Gasteiger partial charge in [0.25, 0.3) is 5.91 Å². The Morgan fingerprint density at radius 3 is 2.57 bits per heavy atom. The van der Waals surface area contributed by atoms with Gasteiger partial charge in [-0.15, -0.1) is 0 Å². The van der Waals surface area contributed by atoms with Crippen molar-refractivity contribution in [1.29, 1.82) is 0 Å². The minimum absolute atomic E-state index is 0.0896. The van der Waals surface area contributed by atoms with Crippen LogP contribution in [0, 0.1) is 11.8 Å². The van der Waals surface area contributed by atoms with Crippen LogP contribution in [-0.4, -0.2) is 32.3 Å². The fourth-order valence-corrected chi connectivity index (χ4v) is 3.68. The molecule has 114 valence electrons. The van der Waals surface area contributed by atoms with E-state index in [2.05, 4.69) is 0 Å². The van der Waals surface area contributed by atoms with Gasteiger partial charge in [-0.25, -0.2) is 13.6 Å². The van der Waals surface area contributed by atoms with E-state index >= 15 is 0 Å². The number of sulfonamides is 1. The Kier molecular flexibility index (Phi) is 3.71. The van der Waals surface area contributed by atoms with Gasteiger partial charge in [0.1, 0.15) is 0 Å². The molecule has 1 amide bonds. The number of hydrogen-bond donors (Lipinski definition) is 1. The average molecular weight is 329 g/mol. The van der Waals surface area contributed by atoms with Crippen LogP contribution in [0.25, 0.3) is 0 Å². The van der Waals surface area contributed by atoms with Gasteiger partial charge in [0, 0.05) is 13.1 Å². The number of carbonyl (C=O) groups is 1. The molecule has 1 aliphatic heterocycles. The number of primary sulfonamides is 1. The number of benzene rings is 1. The monoisotopic (exact) mass is 328 g/mol. The number of nitrogens with zero attached hydrogens (tertiary/aromatic N) is 1. The van der Waals surface area contributed by atoms with Crippen LogP contribution in [0.3, 0.4) is 0 Å². The summed E-state index contributed by atoms with van der Waals surface area (Å²) in [6.45, 7) is 1.44. The molecule has 1 aromatic carbocycles. The first kappa shape index (κ1) is 14.8. The first-order chi connectivity index (χ1) is 9.86. The second-order valence-electron chi connectivity index (χ2n) is 5.82. The van der Waals surface area contributed by atoms with E-state index in [1.54, 1.807) is 4.90 Å². The molecule has 0 spiro atoms. The summed E-state index contributed by atoms with van der Waals surface area (Å²) < 4.78 is 22.8. The predicted octanol–water partition coefficient (Wildman–Crippen LogP) is 1.86. The van der Waals surface area contributed by atoms with Crippen LogP contribution in [0.5, 0.6) is 0 Å². The van der Waals surface area contributed by atoms with Crippen molar-refractivity contribution in [3.05, 3.63) is 28.8 Å². The quantitative estimate of drug-likeness (QED) is 0.919. The van der Waals surface area contributed by atoms with Crippen LogP contribution >= 0.6 is 11.6 Å². The van der Waals surface area contributed by atoms with E-state index in [4.69, 9.17) is 16.7 Å². The molecular weight excluding hydrogens is 312 g/mol. The van der Waals surface area contributed by atoms with Gasteiger partial charge in [-0.1, -0.05) is 11.6 Å². The van der Waals surface area contributed by atoms with Crippen LogP contribution in [-0.2, 0) is 10.0 Å². The number of nitrogens with two attached hydrogens (primary N) is 1. The fourth-order valence-electron chi connectivity index (χ4n) is 2.94. The summed E-state index contributed by atoms with van der Waals surface area (Å²) in [5, 5.41) is 5.36. The van der Waals surface area contributed by atoms with Gasteiger partial charge in [0.2, 0.25) is 10.0 Å². The first-order valence-corrected chi connectivity index (χ1v) is 8.90. The SMILES string of the molecule is NS(=O)(=O)c1ccc(Cl)c(C(=O)N2CCC(C3CC3)C2)c1. The third kappa shape index (κ3) is 3.07. The lowest BCUT2D eigenvalue weighted by atomic mass is 10.0. The first-order valence-electron chi connectivity index (χ1n) is 6.98. The maximum Gasteiger partial charge on any atom is 0.255 e. The number of carbonyl (C=O) groups excluding carboxylic acids is 1. The van der Waals surface area contributed by atoms with E-state index in [1.807, 2.05) is 0 Å². The molecule has 0 bridgehead atoms. The minimum atomic E-state index is -3.84. The second-order valence-corrected chi connectivity index (χ2v) is 7.79. The highest BCUT2D eigenvalue weighted by Crippen LogP contribution is 2.41. The summed E-state index contributed by atoms with van der Waals surface area (Å²) in [5.74, 6) is 1.12. The molecule has 0 radical (unpaired) electrons. The molecular formula is C14H17ClN2O3S. The average Bonchev–Trinajstić information content (AvgIpc) is 3.15. The number of likely N-dealkylation sites (tertiary alicyclic amines) is 1. The van der Waals surface area contributed by atoms with Gasteiger partial charge in [-0.2, -0.15) is 0 Å². The van der Waals surface area contributed by atoms with E-state index in [0.717, 1.165) is 18.9 Å². The van der Waals surface area contributed by atoms with E-state index in [0.29, 0.717) is 12.5 Å². The lowest BCUT2D eigenvalue weighted by Crippen LogP contribution is -2.29. The van der Waals surface area contributed by atoms with Crippen LogP contribution in [0.4, 0.5) is 0 Å². The molecule has 2 aliphatic rings. The Morgan fingerprint density at radius 1 is 1.24 bits per heavy atom. The normalized spacial score (nSPS) is 22.6. The molecule has 1 unspecified atom stereocenters. The van der Waals surface area contributed by atoms with Crippen molar-refractivity contribution in [2.24, 2.45) is 17.0 Å². The summed E-state index contributed by atoms with van der Waals surface area (Å²) in [4.78, 5) is 14.2. The molecule has 0 aromatic heterocycles. The van der Waals surface area contributed by atoms with Gasteiger partial charge >= 0.3 is 0 Å². The Labute approximate surface area is 129 Å². The van der Waals surface area contributed by atoms with Crippen LogP contribution in [0.1, 0.15) is 29.6 Å². The van der Waals surface area contributed by atoms with E-state index in [9.17, 15) is 13.2 Å². The van der Waals surface area contributed by atoms with Crippen molar-refractivity contribution in [3.8, 4) is 0 Å². The number of hydrogen-bond acceptors (Lipinski definition) is 3. The number of halogens is 1. The molecule has 1 aliphatic carbocycles. The van der Waals surface area contributed by atoms with Crippen molar-refractivity contribution >= 4 is 27.5 Å². The van der Waals surface area contributed by atoms with E-state index in [1.165, 1.54) is 31.0 Å². The molecule has 1 saturated carbocycles. The standard InChI is InChI=1S/C14H17ClN2O3S/c15-13-4-3-11(21(16,19)20)7-12(13)14(18)17-6-5-10(8-17)9-1-2-9/h3-4,7,9-10H,1-2,5-6,8H2,(H2,16,19,20). The second kappa shape index (κ2) is 5.26. The van der Waals surface area contributed by atoms with Crippen LogP contribution < -0.4 is 5.14 Å². The molecule has 5 nitrogen and oxygen atoms in total. The molecule has 7 heteroatoms. The van der Waals surface area contributed by atoms with Crippen molar-refractivity contribution in [2.45, 2.75) is 24.2 Å². The highest BCUT2D eigenvalue weighted by Gasteiger charge is 2.37. The molecule has 3 rings (SSSR count). The third-order valence-corrected chi connectivity index (χ3v) is 5.54. The minimum Gasteiger partial charge on any atom is -0.338 e. The Hall–Kier alpha value is -1.11. The largest absolute Gasteiger partial charge is 0.338 e. The number of rotatable bonds is 3. The Bertz CT molecular complexity index is 685. The Morgan fingerprint density at radius 2 is 1.95 bits per heavy atom. The maximum absolute atomic E-state index is 12.5. The lowest BCUT2D eigenvalue weighted by molar-refractivity contribution is 0.0785. The summed E-state index contributed by atoms with van der Waals surface area (Å²) in [7, 11) is -3.84. The molecule has 2 fully saturated rings. The van der Waals surface area contributed by atoms with Crippen molar-refractivity contribution in [3.63, 3.8) is 0 Å². The molecule has 1 atom stereocenters. The van der Waals surface area contributed by atoms with Crippen molar-refractivity contribution in [1.82, 2.24) is 4.90 Å². The van der Waals surface area contributed by atoms with Crippen molar-refractivity contribution in [2.75, 3.05) is 13.1 Å². The topological polar surface area (TPSA) is 80.5 Å². The van der Waals surface area contributed by atoms with E-state index < -0.39 is 10.0 Å². The van der Waals surface area contributed by atoms with Crippen molar-refractivity contribution < 1.29 is 13.2 Å². The maximum atomic E-state index is 12.5. The van der Waals surface area contributed by atoms with E-state index in [-0.39, 0.29) is 21.4 Å². The summed E-state index contributed by atoms with van der Waals surface area (Å²) in [6.07, 6.45) is 3.53. The summed E-state index contributed by atoms with van der Waals surface area (Å²) in [6, 6.07) is 3.98. The number of amides is 1. The predicted molar refractivity (Wildman–Crippen MR) is 79.6 cm³/mol. The molecule has 1 saturated heterocycles. The Balaban J connectivity index is 1.84. The van der Waals surface area contributed by atoms with Crippen LogP contribution in [0.2, 0.25) is 5.02 Å². The highest BCUT2D eigenvalue weighted by molar-refractivity contribution is 7.89. The molecule has 1 aromatic rings. The highest BCUT2D eigenvalue weighted by atomic mass is 35.5. The van der Waals surface area contributed by atoms with Gasteiger partial charge in [-0.3, -0.25) is 4.79 Å².